The van der Waals surface area contributed by atoms with Crippen molar-refractivity contribution in [2.24, 2.45) is 5.92 Å². The molecule has 1 aromatic rings. The van der Waals surface area contributed by atoms with E-state index in [-0.39, 0.29) is 0 Å². The molecule has 0 bridgehead atoms. The molecule has 110 valence electrons. The zero-order valence-corrected chi connectivity index (χ0v) is 12.4. The molecule has 1 aliphatic carbocycles. The summed E-state index contributed by atoms with van der Waals surface area (Å²) in [4.78, 5) is 0. The minimum Gasteiger partial charge on any atom is -0.492 e. The molecule has 0 unspecified atom stereocenters. The number of hydrogen-bond acceptors (Lipinski definition) is 2. The molecule has 1 fully saturated rings. The molecule has 20 heavy (non-hydrogen) atoms. The number of benzene rings is 1. The summed E-state index contributed by atoms with van der Waals surface area (Å²) in [5, 5.41) is 3.53. The van der Waals surface area contributed by atoms with Gasteiger partial charge in [0.05, 0.1) is 0 Å². The molecular formula is C18H27NO. The molecule has 0 atom stereocenters. The number of nitrogens with one attached hydrogen (secondary N) is 1. The molecule has 1 N–H and O–H groups in total. The highest BCUT2D eigenvalue weighted by atomic mass is 16.5. The van der Waals surface area contributed by atoms with Crippen LogP contribution in [0.4, 0.5) is 0 Å². The average molecular weight is 273 g/mol. The van der Waals surface area contributed by atoms with Crippen LogP contribution in [0.1, 0.15) is 37.7 Å². The molecular weight excluding hydrogens is 246 g/mol. The molecule has 0 heterocycles. The third kappa shape index (κ3) is 5.01. The van der Waals surface area contributed by atoms with Gasteiger partial charge < -0.3 is 10.1 Å². The fourth-order valence-corrected chi connectivity index (χ4v) is 2.90. The predicted molar refractivity (Wildman–Crippen MR) is 85.3 cm³/mol. The Kier molecular flexibility index (Phi) is 6.65. The van der Waals surface area contributed by atoms with Crippen molar-refractivity contribution in [2.75, 3.05) is 19.7 Å². The monoisotopic (exact) mass is 273 g/mol. The van der Waals surface area contributed by atoms with Crippen molar-refractivity contribution in [3.63, 3.8) is 0 Å². The lowest BCUT2D eigenvalue weighted by molar-refractivity contribution is 0.293. The highest BCUT2D eigenvalue weighted by molar-refractivity contribution is 5.34. The van der Waals surface area contributed by atoms with E-state index in [1.165, 1.54) is 37.7 Å². The third-order valence-corrected chi connectivity index (χ3v) is 4.03. The molecule has 0 radical (unpaired) electrons. The van der Waals surface area contributed by atoms with E-state index < -0.39 is 0 Å². The molecule has 1 aromatic carbocycles. The third-order valence-electron chi connectivity index (χ3n) is 4.03. The Balaban J connectivity index is 1.64. The Labute approximate surface area is 123 Å². The van der Waals surface area contributed by atoms with Gasteiger partial charge >= 0.3 is 0 Å². The summed E-state index contributed by atoms with van der Waals surface area (Å²) >= 11 is 0. The van der Waals surface area contributed by atoms with Gasteiger partial charge in [-0.05, 0) is 43.4 Å². The maximum atomic E-state index is 5.87. The van der Waals surface area contributed by atoms with Crippen LogP contribution in [0.15, 0.2) is 36.9 Å². The SMILES string of the molecule is C=CCc1ccccc1OCCNCC1CCCCC1. The summed E-state index contributed by atoms with van der Waals surface area (Å²) in [6, 6.07) is 8.22. The van der Waals surface area contributed by atoms with Crippen molar-refractivity contribution in [3.05, 3.63) is 42.5 Å². The van der Waals surface area contributed by atoms with Crippen molar-refractivity contribution < 1.29 is 4.74 Å². The highest BCUT2D eigenvalue weighted by Gasteiger charge is 2.12. The lowest BCUT2D eigenvalue weighted by Crippen LogP contribution is -2.28. The summed E-state index contributed by atoms with van der Waals surface area (Å²) in [7, 11) is 0. The van der Waals surface area contributed by atoms with Gasteiger partial charge in [0.1, 0.15) is 12.4 Å². The minimum atomic E-state index is 0.737. The number of para-hydroxylation sites is 1. The maximum absolute atomic E-state index is 5.87. The summed E-state index contributed by atoms with van der Waals surface area (Å²) in [5.41, 5.74) is 1.22. The largest absolute Gasteiger partial charge is 0.492 e. The number of allylic oxidation sites excluding steroid dienone is 1. The Morgan fingerprint density at radius 2 is 2.00 bits per heavy atom. The van der Waals surface area contributed by atoms with Crippen LogP contribution in [0, 0.1) is 5.92 Å². The fourth-order valence-electron chi connectivity index (χ4n) is 2.90. The number of ether oxygens (including phenoxy) is 1. The second-order valence-electron chi connectivity index (χ2n) is 5.66. The van der Waals surface area contributed by atoms with E-state index in [4.69, 9.17) is 4.74 Å². The lowest BCUT2D eigenvalue weighted by atomic mass is 9.89. The van der Waals surface area contributed by atoms with Gasteiger partial charge in [-0.2, -0.15) is 0 Å². The van der Waals surface area contributed by atoms with Crippen molar-refractivity contribution in [2.45, 2.75) is 38.5 Å². The van der Waals surface area contributed by atoms with Crippen LogP contribution < -0.4 is 10.1 Å². The smallest absolute Gasteiger partial charge is 0.122 e. The Bertz CT molecular complexity index is 396. The molecule has 1 aliphatic rings. The molecule has 2 rings (SSSR count). The van der Waals surface area contributed by atoms with E-state index in [2.05, 4.69) is 18.0 Å². The Morgan fingerprint density at radius 1 is 1.20 bits per heavy atom. The molecule has 1 saturated carbocycles. The summed E-state index contributed by atoms with van der Waals surface area (Å²) in [6.45, 7) is 6.61. The van der Waals surface area contributed by atoms with Crippen LogP contribution in [-0.4, -0.2) is 19.7 Å². The van der Waals surface area contributed by atoms with Gasteiger partial charge in [0, 0.05) is 6.54 Å². The quantitative estimate of drug-likeness (QED) is 0.572. The van der Waals surface area contributed by atoms with Gasteiger partial charge in [0.2, 0.25) is 0 Å². The van der Waals surface area contributed by atoms with Gasteiger partial charge in [-0.1, -0.05) is 43.5 Å². The second kappa shape index (κ2) is 8.80. The molecule has 2 nitrogen and oxygen atoms in total. The zero-order valence-electron chi connectivity index (χ0n) is 12.4. The first-order chi connectivity index (χ1) is 9.90. The Morgan fingerprint density at radius 3 is 2.80 bits per heavy atom. The van der Waals surface area contributed by atoms with Crippen LogP contribution in [0.25, 0.3) is 0 Å². The van der Waals surface area contributed by atoms with E-state index in [1.807, 2.05) is 24.3 Å². The topological polar surface area (TPSA) is 21.3 Å². The van der Waals surface area contributed by atoms with E-state index in [9.17, 15) is 0 Å². The second-order valence-corrected chi connectivity index (χ2v) is 5.66. The first-order valence-electron chi connectivity index (χ1n) is 7.92. The van der Waals surface area contributed by atoms with Crippen molar-refractivity contribution in [1.29, 1.82) is 0 Å². The standard InChI is InChI=1S/C18H27NO/c1-2-8-17-11-6-7-12-18(17)20-14-13-19-15-16-9-4-3-5-10-16/h2,6-7,11-12,16,19H,1,3-5,8-10,13-15H2. The molecule has 0 aliphatic heterocycles. The molecule has 0 aromatic heterocycles. The van der Waals surface area contributed by atoms with E-state index in [0.29, 0.717) is 0 Å². The van der Waals surface area contributed by atoms with Crippen molar-refractivity contribution in [3.8, 4) is 5.75 Å². The Hall–Kier alpha value is -1.28. The molecule has 0 spiro atoms. The first-order valence-corrected chi connectivity index (χ1v) is 7.92. The van der Waals surface area contributed by atoms with Crippen LogP contribution in [0.3, 0.4) is 0 Å². The summed E-state index contributed by atoms with van der Waals surface area (Å²) in [6.07, 6.45) is 9.84. The number of rotatable bonds is 8. The van der Waals surface area contributed by atoms with Crippen LogP contribution in [0.2, 0.25) is 0 Å². The van der Waals surface area contributed by atoms with E-state index >= 15 is 0 Å². The van der Waals surface area contributed by atoms with Crippen LogP contribution in [-0.2, 0) is 6.42 Å². The van der Waals surface area contributed by atoms with Gasteiger partial charge in [0.25, 0.3) is 0 Å². The highest BCUT2D eigenvalue weighted by Crippen LogP contribution is 2.22. The van der Waals surface area contributed by atoms with Gasteiger partial charge in [-0.3, -0.25) is 0 Å². The molecule has 2 heteroatoms. The average Bonchev–Trinajstić information content (AvgIpc) is 2.50. The van der Waals surface area contributed by atoms with Gasteiger partial charge in [0.15, 0.2) is 0 Å². The van der Waals surface area contributed by atoms with Crippen LogP contribution >= 0.6 is 0 Å². The molecule has 0 saturated heterocycles. The van der Waals surface area contributed by atoms with Crippen molar-refractivity contribution >= 4 is 0 Å². The normalized spacial score (nSPS) is 16.0. The summed E-state index contributed by atoms with van der Waals surface area (Å²) < 4.78 is 5.87. The summed E-state index contributed by atoms with van der Waals surface area (Å²) in [5.74, 6) is 1.88. The lowest BCUT2D eigenvalue weighted by Gasteiger charge is -2.21. The van der Waals surface area contributed by atoms with E-state index in [1.54, 1.807) is 0 Å². The molecule has 0 amide bonds. The predicted octanol–water partition coefficient (Wildman–Crippen LogP) is 3.96. The van der Waals surface area contributed by atoms with Crippen LogP contribution in [0.5, 0.6) is 5.75 Å². The first kappa shape index (κ1) is 15.1. The fraction of sp³-hybridized carbons (Fsp3) is 0.556. The van der Waals surface area contributed by atoms with E-state index in [0.717, 1.165) is 37.8 Å². The zero-order chi connectivity index (χ0) is 14.0. The van der Waals surface area contributed by atoms with Gasteiger partial charge in [-0.25, -0.2) is 0 Å². The maximum Gasteiger partial charge on any atom is 0.122 e. The minimum absolute atomic E-state index is 0.737. The van der Waals surface area contributed by atoms with Crippen molar-refractivity contribution in [1.82, 2.24) is 5.32 Å². The number of hydrogen-bond donors (Lipinski definition) is 1. The van der Waals surface area contributed by atoms with Gasteiger partial charge in [-0.15, -0.1) is 6.58 Å².